The van der Waals surface area contributed by atoms with Gasteiger partial charge in [-0.25, -0.2) is 0 Å². The van der Waals surface area contributed by atoms with E-state index in [1.807, 2.05) is 36.9 Å². The summed E-state index contributed by atoms with van der Waals surface area (Å²) in [5.41, 5.74) is 4.00. The Labute approximate surface area is 112 Å². The summed E-state index contributed by atoms with van der Waals surface area (Å²) in [5.74, 6) is 0.994. The van der Waals surface area contributed by atoms with Gasteiger partial charge in [-0.1, -0.05) is 22.9 Å². The second-order valence-electron chi connectivity index (χ2n) is 5.07. The molecule has 1 aliphatic heterocycles. The van der Waals surface area contributed by atoms with Crippen LogP contribution in [0.4, 0.5) is 0 Å². The summed E-state index contributed by atoms with van der Waals surface area (Å²) in [6.45, 7) is 5.29. The van der Waals surface area contributed by atoms with Crippen molar-refractivity contribution < 1.29 is 9.32 Å². The van der Waals surface area contributed by atoms with Crippen LogP contribution in [-0.2, 0) is 13.0 Å². The fourth-order valence-electron chi connectivity index (χ4n) is 2.54. The SMILES string of the molecule is Cc1ccc(C(=O)N2CCc3oncc3C2)c(C)c1. The van der Waals surface area contributed by atoms with E-state index < -0.39 is 0 Å². The maximum Gasteiger partial charge on any atom is 0.254 e. The van der Waals surface area contributed by atoms with Gasteiger partial charge in [0.2, 0.25) is 0 Å². The first kappa shape index (κ1) is 12.0. The second-order valence-corrected chi connectivity index (χ2v) is 5.07. The van der Waals surface area contributed by atoms with Gasteiger partial charge < -0.3 is 9.42 Å². The molecular formula is C15H16N2O2. The normalized spacial score (nSPS) is 14.3. The lowest BCUT2D eigenvalue weighted by Crippen LogP contribution is -2.35. The van der Waals surface area contributed by atoms with Gasteiger partial charge in [-0.3, -0.25) is 4.79 Å². The van der Waals surface area contributed by atoms with Crippen molar-refractivity contribution in [2.45, 2.75) is 26.8 Å². The topological polar surface area (TPSA) is 46.3 Å². The highest BCUT2D eigenvalue weighted by Crippen LogP contribution is 2.21. The smallest absolute Gasteiger partial charge is 0.254 e. The van der Waals surface area contributed by atoms with E-state index in [0.717, 1.165) is 28.9 Å². The average Bonchev–Trinajstić information content (AvgIpc) is 2.85. The van der Waals surface area contributed by atoms with Gasteiger partial charge in [0.25, 0.3) is 5.91 Å². The standard InChI is InChI=1S/C15H16N2O2/c1-10-3-4-13(11(2)7-10)15(18)17-6-5-14-12(9-17)8-16-19-14/h3-4,7-8H,5-6,9H2,1-2H3. The van der Waals surface area contributed by atoms with E-state index in [9.17, 15) is 4.79 Å². The summed E-state index contributed by atoms with van der Waals surface area (Å²) in [7, 11) is 0. The third kappa shape index (κ3) is 2.14. The van der Waals surface area contributed by atoms with Crippen LogP contribution < -0.4 is 0 Å². The molecule has 0 radical (unpaired) electrons. The summed E-state index contributed by atoms with van der Waals surface area (Å²) in [6.07, 6.45) is 2.45. The van der Waals surface area contributed by atoms with Crippen LogP contribution in [0.2, 0.25) is 0 Å². The minimum absolute atomic E-state index is 0.0874. The molecule has 1 amide bonds. The molecule has 3 rings (SSSR count). The van der Waals surface area contributed by atoms with Crippen LogP contribution in [0.5, 0.6) is 0 Å². The second kappa shape index (κ2) is 4.53. The van der Waals surface area contributed by atoms with Gasteiger partial charge >= 0.3 is 0 Å². The van der Waals surface area contributed by atoms with Crippen LogP contribution in [0.25, 0.3) is 0 Å². The van der Waals surface area contributed by atoms with Gasteiger partial charge in [-0.2, -0.15) is 0 Å². The molecule has 1 aliphatic rings. The van der Waals surface area contributed by atoms with Gasteiger partial charge in [0.05, 0.1) is 12.7 Å². The number of rotatable bonds is 1. The maximum atomic E-state index is 12.5. The first-order chi connectivity index (χ1) is 9.15. The number of aryl methyl sites for hydroxylation is 2. The molecule has 0 N–H and O–H groups in total. The molecule has 0 spiro atoms. The molecule has 0 atom stereocenters. The number of nitrogens with zero attached hydrogens (tertiary/aromatic N) is 2. The molecule has 1 aromatic carbocycles. The van der Waals surface area contributed by atoms with Crippen LogP contribution in [-0.4, -0.2) is 22.5 Å². The quantitative estimate of drug-likeness (QED) is 0.787. The summed E-state index contributed by atoms with van der Waals surface area (Å²) < 4.78 is 5.14. The van der Waals surface area contributed by atoms with E-state index in [2.05, 4.69) is 5.16 Å². The largest absolute Gasteiger partial charge is 0.361 e. The van der Waals surface area contributed by atoms with Crippen molar-refractivity contribution >= 4 is 5.91 Å². The molecule has 2 aromatic rings. The van der Waals surface area contributed by atoms with Gasteiger partial charge in [-0.15, -0.1) is 0 Å². The van der Waals surface area contributed by atoms with Gasteiger partial charge in [0, 0.05) is 24.1 Å². The Bertz CT molecular complexity index is 631. The average molecular weight is 256 g/mol. The minimum atomic E-state index is 0.0874. The highest BCUT2D eigenvalue weighted by atomic mass is 16.5. The van der Waals surface area contributed by atoms with Crippen molar-refractivity contribution in [3.63, 3.8) is 0 Å². The molecule has 0 bridgehead atoms. The first-order valence-electron chi connectivity index (χ1n) is 6.44. The number of hydrogen-bond acceptors (Lipinski definition) is 3. The van der Waals surface area contributed by atoms with Crippen molar-refractivity contribution in [1.29, 1.82) is 0 Å². The highest BCUT2D eigenvalue weighted by molar-refractivity contribution is 5.95. The summed E-state index contributed by atoms with van der Waals surface area (Å²) in [5, 5.41) is 3.79. The molecule has 0 saturated carbocycles. The van der Waals surface area contributed by atoms with Crippen LogP contribution in [0, 0.1) is 13.8 Å². The molecule has 1 aromatic heterocycles. The lowest BCUT2D eigenvalue weighted by atomic mass is 10.0. The first-order valence-corrected chi connectivity index (χ1v) is 6.44. The predicted molar refractivity (Wildman–Crippen MR) is 70.9 cm³/mol. The molecule has 0 fully saturated rings. The number of hydrogen-bond donors (Lipinski definition) is 0. The Morgan fingerprint density at radius 3 is 3.00 bits per heavy atom. The number of aromatic nitrogens is 1. The van der Waals surface area contributed by atoms with E-state index in [-0.39, 0.29) is 5.91 Å². The number of benzene rings is 1. The van der Waals surface area contributed by atoms with Crippen molar-refractivity contribution in [3.05, 3.63) is 52.4 Å². The molecule has 0 saturated heterocycles. The third-order valence-corrected chi connectivity index (χ3v) is 3.60. The Hall–Kier alpha value is -2.10. The summed E-state index contributed by atoms with van der Waals surface area (Å²) in [6, 6.07) is 5.94. The van der Waals surface area contributed by atoms with Crippen LogP contribution in [0.15, 0.2) is 28.9 Å². The summed E-state index contributed by atoms with van der Waals surface area (Å²) in [4.78, 5) is 14.4. The molecule has 4 nitrogen and oxygen atoms in total. The monoisotopic (exact) mass is 256 g/mol. The number of carbonyl (C=O) groups excluding carboxylic acids is 1. The number of amides is 1. The Morgan fingerprint density at radius 1 is 1.37 bits per heavy atom. The van der Waals surface area contributed by atoms with Crippen molar-refractivity contribution in [1.82, 2.24) is 10.1 Å². The zero-order valence-corrected chi connectivity index (χ0v) is 11.1. The molecule has 4 heteroatoms. The fourth-order valence-corrected chi connectivity index (χ4v) is 2.54. The molecule has 0 unspecified atom stereocenters. The van der Waals surface area contributed by atoms with E-state index in [4.69, 9.17) is 4.52 Å². The Kier molecular flexibility index (Phi) is 2.85. The third-order valence-electron chi connectivity index (χ3n) is 3.60. The molecule has 19 heavy (non-hydrogen) atoms. The lowest BCUT2D eigenvalue weighted by molar-refractivity contribution is 0.0728. The minimum Gasteiger partial charge on any atom is -0.361 e. The van der Waals surface area contributed by atoms with Crippen molar-refractivity contribution in [2.24, 2.45) is 0 Å². The van der Waals surface area contributed by atoms with Crippen molar-refractivity contribution in [2.75, 3.05) is 6.54 Å². The molecule has 0 aliphatic carbocycles. The number of fused-ring (bicyclic) bond motifs is 1. The van der Waals surface area contributed by atoms with E-state index >= 15 is 0 Å². The summed E-state index contributed by atoms with van der Waals surface area (Å²) >= 11 is 0. The zero-order chi connectivity index (χ0) is 13.4. The van der Waals surface area contributed by atoms with Crippen molar-refractivity contribution in [3.8, 4) is 0 Å². The number of carbonyl (C=O) groups is 1. The fraction of sp³-hybridized carbons (Fsp3) is 0.333. The van der Waals surface area contributed by atoms with Crippen LogP contribution in [0.3, 0.4) is 0 Å². The van der Waals surface area contributed by atoms with Crippen LogP contribution >= 0.6 is 0 Å². The molecular weight excluding hydrogens is 240 g/mol. The Balaban J connectivity index is 1.85. The molecule has 98 valence electrons. The highest BCUT2D eigenvalue weighted by Gasteiger charge is 2.24. The van der Waals surface area contributed by atoms with E-state index in [1.165, 1.54) is 5.56 Å². The Morgan fingerprint density at radius 2 is 2.21 bits per heavy atom. The van der Waals surface area contributed by atoms with Gasteiger partial charge in [-0.05, 0) is 25.5 Å². The van der Waals surface area contributed by atoms with Crippen LogP contribution in [0.1, 0.15) is 32.8 Å². The van der Waals surface area contributed by atoms with E-state index in [0.29, 0.717) is 13.1 Å². The van der Waals surface area contributed by atoms with Gasteiger partial charge in [0.1, 0.15) is 5.76 Å². The maximum absolute atomic E-state index is 12.5. The zero-order valence-electron chi connectivity index (χ0n) is 11.1. The lowest BCUT2D eigenvalue weighted by Gasteiger charge is -2.26. The van der Waals surface area contributed by atoms with Gasteiger partial charge in [0.15, 0.2) is 0 Å². The molecule has 2 heterocycles. The predicted octanol–water partition coefficient (Wildman–Crippen LogP) is 2.49. The van der Waals surface area contributed by atoms with E-state index in [1.54, 1.807) is 6.20 Å².